The monoisotopic (exact) mass is 514 g/mol. The van der Waals surface area contributed by atoms with Crippen LogP contribution in [0.15, 0.2) is 35.6 Å². The van der Waals surface area contributed by atoms with E-state index in [1.165, 1.54) is 32.9 Å². The van der Waals surface area contributed by atoms with E-state index in [4.69, 9.17) is 0 Å². The lowest BCUT2D eigenvalue weighted by Crippen LogP contribution is -2.64. The number of rotatable bonds is 4. The van der Waals surface area contributed by atoms with E-state index in [-0.39, 0.29) is 29.7 Å². The summed E-state index contributed by atoms with van der Waals surface area (Å²) >= 11 is 0. The molecule has 37 heavy (non-hydrogen) atoms. The van der Waals surface area contributed by atoms with Crippen molar-refractivity contribution in [3.8, 4) is 0 Å². The number of hydrogen-bond donors (Lipinski definition) is 4. The Kier molecular flexibility index (Phi) is 6.01. The molecule has 0 spiro atoms. The molecule has 1 unspecified atom stereocenters. The van der Waals surface area contributed by atoms with Gasteiger partial charge in [0.05, 0.1) is 17.1 Å². The first-order chi connectivity index (χ1) is 16.7. The van der Waals surface area contributed by atoms with Gasteiger partial charge in [-0.15, -0.1) is 0 Å². The fourth-order valence-corrected chi connectivity index (χ4v) is 8.58. The lowest BCUT2D eigenvalue weighted by Gasteiger charge is -2.63. The number of allylic oxidation sites excluding steroid dienone is 4. The van der Waals surface area contributed by atoms with Crippen molar-refractivity contribution in [2.45, 2.75) is 92.0 Å². The Labute approximate surface area is 219 Å². The lowest BCUT2D eigenvalue weighted by atomic mass is 9.39. The maximum atomic E-state index is 14.2. The second-order valence-electron chi connectivity index (χ2n) is 13.9. The van der Waals surface area contributed by atoms with Crippen LogP contribution in [0.25, 0.3) is 0 Å². The van der Waals surface area contributed by atoms with Crippen molar-refractivity contribution in [3.05, 3.63) is 35.6 Å². The van der Waals surface area contributed by atoms with E-state index in [1.807, 2.05) is 26.8 Å². The minimum Gasteiger partial charge on any atom is -0.505 e. The third-order valence-corrected chi connectivity index (χ3v) is 10.8. The molecule has 4 aliphatic carbocycles. The summed E-state index contributed by atoms with van der Waals surface area (Å²) in [6, 6.07) is 0. The molecule has 2 saturated carbocycles. The smallest absolute Gasteiger partial charge is 0.206 e. The minimum atomic E-state index is -1.96. The quantitative estimate of drug-likeness (QED) is 0.333. The number of Topliss-reactive ketones (excluding diaryl/α,β-unsaturated/α-hetero) is 2. The minimum absolute atomic E-state index is 0.0453. The van der Waals surface area contributed by atoms with Crippen LogP contribution in [0.2, 0.25) is 0 Å². The Bertz CT molecular complexity index is 1150. The zero-order valence-corrected chi connectivity index (χ0v) is 23.3. The SMILES string of the molecule is CC(C)(O)/C=C/C(=O)C(C)(O)[C@H]1[C@H](O)C[C@@]2(C)[C@@H]3CC=C4[C@@H](C=C(O)C(=O)C4(C)C)[C@]3(C)C(=O)C[C@]12C. The summed E-state index contributed by atoms with van der Waals surface area (Å²) in [6.07, 6.45) is 5.85. The molecule has 0 aromatic heterocycles. The summed E-state index contributed by atoms with van der Waals surface area (Å²) in [5, 5.41) is 43.6. The highest BCUT2D eigenvalue weighted by molar-refractivity contribution is 6.02. The van der Waals surface area contributed by atoms with Crippen LogP contribution < -0.4 is 0 Å². The molecule has 0 aromatic rings. The van der Waals surface area contributed by atoms with Crippen LogP contribution in [0.4, 0.5) is 0 Å². The van der Waals surface area contributed by atoms with Gasteiger partial charge >= 0.3 is 0 Å². The van der Waals surface area contributed by atoms with Crippen LogP contribution in [-0.4, -0.2) is 55.1 Å². The third kappa shape index (κ3) is 3.60. The maximum Gasteiger partial charge on any atom is 0.206 e. The Balaban J connectivity index is 1.82. The van der Waals surface area contributed by atoms with Crippen LogP contribution in [0.3, 0.4) is 0 Å². The molecule has 0 amide bonds. The molecule has 0 saturated heterocycles. The van der Waals surface area contributed by atoms with Crippen LogP contribution >= 0.6 is 0 Å². The molecule has 0 bridgehead atoms. The second kappa shape index (κ2) is 7.96. The van der Waals surface area contributed by atoms with Crippen LogP contribution in [0.5, 0.6) is 0 Å². The van der Waals surface area contributed by atoms with Gasteiger partial charge in [0.15, 0.2) is 11.5 Å². The molecule has 0 heterocycles. The Morgan fingerprint density at radius 3 is 2.22 bits per heavy atom. The van der Waals surface area contributed by atoms with E-state index in [2.05, 4.69) is 0 Å². The summed E-state index contributed by atoms with van der Waals surface area (Å²) in [7, 11) is 0. The molecular weight excluding hydrogens is 472 g/mol. The molecule has 4 N–H and O–H groups in total. The average Bonchev–Trinajstić information content (AvgIpc) is 2.96. The van der Waals surface area contributed by atoms with Gasteiger partial charge in [-0.25, -0.2) is 0 Å². The summed E-state index contributed by atoms with van der Waals surface area (Å²) < 4.78 is 0. The van der Waals surface area contributed by atoms with Crippen LogP contribution in [0.1, 0.15) is 74.7 Å². The highest BCUT2D eigenvalue weighted by Crippen LogP contribution is 2.73. The Hall–Kier alpha value is -2.09. The van der Waals surface area contributed by atoms with E-state index in [0.29, 0.717) is 12.8 Å². The van der Waals surface area contributed by atoms with E-state index in [0.717, 1.165) is 11.6 Å². The van der Waals surface area contributed by atoms with Gasteiger partial charge in [-0.05, 0) is 76.4 Å². The number of hydrogen-bond acceptors (Lipinski definition) is 7. The van der Waals surface area contributed by atoms with Crippen molar-refractivity contribution < 1.29 is 34.8 Å². The number of fused-ring (bicyclic) bond motifs is 5. The predicted molar refractivity (Wildman–Crippen MR) is 138 cm³/mol. The summed E-state index contributed by atoms with van der Waals surface area (Å²) in [5.41, 5.74) is -5.75. The van der Waals surface area contributed by atoms with Crippen molar-refractivity contribution in [2.24, 2.45) is 39.4 Å². The standard InChI is InChI=1S/C30H42O7/c1-25(2,36)12-11-21(33)30(8,37)23-19(32)14-27(5)20-10-9-16-17(13-18(31)24(35)26(16,3)4)29(20,7)22(34)15-28(23,27)6/h9,11-13,17,19-20,23,31-32,36-37H,10,14-15H2,1-8H3/b12-11+/t17-,19-,20+,23+,27+,28-,29+,30?/m1/s1. The molecule has 0 radical (unpaired) electrons. The molecule has 7 heteroatoms. The zero-order chi connectivity index (χ0) is 28.1. The summed E-state index contributed by atoms with van der Waals surface area (Å²) in [4.78, 5) is 40.1. The van der Waals surface area contributed by atoms with Crippen molar-refractivity contribution in [3.63, 3.8) is 0 Å². The molecule has 4 rings (SSSR count). The predicted octanol–water partition coefficient (Wildman–Crippen LogP) is 3.62. The average molecular weight is 515 g/mol. The fourth-order valence-electron chi connectivity index (χ4n) is 8.58. The van der Waals surface area contributed by atoms with Gasteiger partial charge in [-0.2, -0.15) is 0 Å². The molecule has 4 aliphatic rings. The molecule has 7 nitrogen and oxygen atoms in total. The Morgan fingerprint density at radius 1 is 1.05 bits per heavy atom. The van der Waals surface area contributed by atoms with Gasteiger partial charge in [0.25, 0.3) is 0 Å². The van der Waals surface area contributed by atoms with E-state index >= 15 is 0 Å². The number of carbonyl (C=O) groups is 3. The molecule has 0 aliphatic heterocycles. The highest BCUT2D eigenvalue weighted by atomic mass is 16.3. The van der Waals surface area contributed by atoms with Gasteiger partial charge in [0.2, 0.25) is 5.78 Å². The Morgan fingerprint density at radius 2 is 1.65 bits per heavy atom. The first kappa shape index (κ1) is 27.9. The number of aliphatic hydroxyl groups excluding tert-OH is 2. The lowest BCUT2D eigenvalue weighted by molar-refractivity contribution is -0.179. The largest absolute Gasteiger partial charge is 0.505 e. The van der Waals surface area contributed by atoms with Crippen molar-refractivity contribution in [1.29, 1.82) is 0 Å². The fraction of sp³-hybridized carbons (Fsp3) is 0.700. The molecule has 204 valence electrons. The topological polar surface area (TPSA) is 132 Å². The highest BCUT2D eigenvalue weighted by Gasteiger charge is 2.74. The number of ketones is 3. The zero-order valence-electron chi connectivity index (χ0n) is 23.3. The normalized spacial score (nSPS) is 42.9. The van der Waals surface area contributed by atoms with E-state index < -0.39 is 56.6 Å². The van der Waals surface area contributed by atoms with Gasteiger partial charge in [-0.3, -0.25) is 14.4 Å². The van der Waals surface area contributed by atoms with Gasteiger partial charge < -0.3 is 20.4 Å². The van der Waals surface area contributed by atoms with Crippen molar-refractivity contribution >= 4 is 17.3 Å². The molecular formula is C30H42O7. The number of aliphatic hydroxyl groups is 4. The van der Waals surface area contributed by atoms with E-state index in [1.54, 1.807) is 13.8 Å². The van der Waals surface area contributed by atoms with E-state index in [9.17, 15) is 34.8 Å². The molecule has 0 aromatic carbocycles. The first-order valence-corrected chi connectivity index (χ1v) is 13.2. The van der Waals surface area contributed by atoms with Crippen LogP contribution in [-0.2, 0) is 14.4 Å². The van der Waals surface area contributed by atoms with Gasteiger partial charge in [0, 0.05) is 23.7 Å². The summed E-state index contributed by atoms with van der Waals surface area (Å²) in [6.45, 7) is 13.8. The third-order valence-electron chi connectivity index (χ3n) is 10.8. The van der Waals surface area contributed by atoms with Crippen LogP contribution in [0, 0.1) is 39.4 Å². The van der Waals surface area contributed by atoms with Crippen molar-refractivity contribution in [2.75, 3.05) is 0 Å². The maximum absolute atomic E-state index is 14.2. The molecule has 8 atom stereocenters. The van der Waals surface area contributed by atoms with Crippen molar-refractivity contribution in [1.82, 2.24) is 0 Å². The van der Waals surface area contributed by atoms with Gasteiger partial charge in [0.1, 0.15) is 11.4 Å². The van der Waals surface area contributed by atoms with Gasteiger partial charge in [-0.1, -0.05) is 38.5 Å². The first-order valence-electron chi connectivity index (χ1n) is 13.2. The second-order valence-corrected chi connectivity index (χ2v) is 13.9. The summed E-state index contributed by atoms with van der Waals surface area (Å²) in [5.74, 6) is -2.98. The molecule has 2 fully saturated rings. The number of carbonyl (C=O) groups excluding carboxylic acids is 3.